The normalized spacial score (nSPS) is 11.6. The van der Waals surface area contributed by atoms with E-state index in [2.05, 4.69) is 5.32 Å². The highest BCUT2D eigenvalue weighted by Gasteiger charge is 2.15. The summed E-state index contributed by atoms with van der Waals surface area (Å²) >= 11 is 5.84. The number of carbonyl (C=O) groups excluding carboxylic acids is 1. The number of phenols is 1. The Kier molecular flexibility index (Phi) is 4.80. The molecule has 1 aromatic rings. The van der Waals surface area contributed by atoms with Gasteiger partial charge in [-0.05, 0) is 24.6 Å². The van der Waals surface area contributed by atoms with Crippen molar-refractivity contribution in [3.8, 4) is 11.8 Å². The summed E-state index contributed by atoms with van der Waals surface area (Å²) in [6.07, 6.45) is 1.38. The standard InChI is InChI=1S/C12H13ClN2O2/c1-2-3-8(7-14)15-12(17)10-6-9(16)4-5-11(10)13/h4-6,8,16H,2-3H2,1H3,(H,15,17). The first-order valence-corrected chi connectivity index (χ1v) is 5.65. The molecule has 0 fully saturated rings. The van der Waals surface area contributed by atoms with Crippen LogP contribution in [0.3, 0.4) is 0 Å². The van der Waals surface area contributed by atoms with Crippen LogP contribution < -0.4 is 5.32 Å². The zero-order valence-corrected chi connectivity index (χ0v) is 10.2. The van der Waals surface area contributed by atoms with Gasteiger partial charge in [-0.15, -0.1) is 0 Å². The number of rotatable bonds is 4. The van der Waals surface area contributed by atoms with E-state index in [0.717, 1.165) is 6.42 Å². The van der Waals surface area contributed by atoms with Crippen molar-refractivity contribution in [2.24, 2.45) is 0 Å². The first kappa shape index (κ1) is 13.3. The maximum atomic E-state index is 11.8. The molecule has 1 unspecified atom stereocenters. The number of amides is 1. The molecule has 1 atom stereocenters. The van der Waals surface area contributed by atoms with E-state index in [9.17, 15) is 9.90 Å². The van der Waals surface area contributed by atoms with Gasteiger partial charge in [0.15, 0.2) is 0 Å². The molecule has 5 heteroatoms. The van der Waals surface area contributed by atoms with Crippen molar-refractivity contribution in [1.29, 1.82) is 5.26 Å². The van der Waals surface area contributed by atoms with Crippen LogP contribution in [0.2, 0.25) is 5.02 Å². The second-order valence-electron chi connectivity index (χ2n) is 3.61. The van der Waals surface area contributed by atoms with Crippen molar-refractivity contribution in [2.45, 2.75) is 25.8 Å². The Hall–Kier alpha value is -1.73. The molecule has 17 heavy (non-hydrogen) atoms. The Labute approximate surface area is 105 Å². The van der Waals surface area contributed by atoms with Crippen LogP contribution in [0.15, 0.2) is 18.2 Å². The van der Waals surface area contributed by atoms with Gasteiger partial charge in [0.25, 0.3) is 5.91 Å². The molecule has 1 rings (SSSR count). The van der Waals surface area contributed by atoms with Gasteiger partial charge in [0.1, 0.15) is 11.8 Å². The number of hydrogen-bond acceptors (Lipinski definition) is 3. The van der Waals surface area contributed by atoms with Crippen molar-refractivity contribution in [3.63, 3.8) is 0 Å². The van der Waals surface area contributed by atoms with Crippen molar-refractivity contribution in [2.75, 3.05) is 0 Å². The van der Waals surface area contributed by atoms with Gasteiger partial charge in [0, 0.05) is 0 Å². The van der Waals surface area contributed by atoms with Gasteiger partial charge in [-0.25, -0.2) is 0 Å². The van der Waals surface area contributed by atoms with Crippen LogP contribution >= 0.6 is 11.6 Å². The van der Waals surface area contributed by atoms with Gasteiger partial charge in [0.2, 0.25) is 0 Å². The number of halogens is 1. The molecule has 4 nitrogen and oxygen atoms in total. The molecule has 0 aliphatic heterocycles. The molecule has 0 aromatic heterocycles. The topological polar surface area (TPSA) is 73.1 Å². The molecule has 0 bridgehead atoms. The van der Waals surface area contributed by atoms with Gasteiger partial charge in [-0.3, -0.25) is 4.79 Å². The Balaban J connectivity index is 2.83. The van der Waals surface area contributed by atoms with Gasteiger partial charge >= 0.3 is 0 Å². The molecule has 0 radical (unpaired) electrons. The summed E-state index contributed by atoms with van der Waals surface area (Å²) in [5.74, 6) is -0.491. The lowest BCUT2D eigenvalue weighted by Crippen LogP contribution is -2.33. The highest BCUT2D eigenvalue weighted by Crippen LogP contribution is 2.21. The minimum absolute atomic E-state index is 0.0384. The van der Waals surface area contributed by atoms with E-state index in [1.807, 2.05) is 13.0 Å². The molecule has 0 saturated carbocycles. The second kappa shape index (κ2) is 6.12. The number of nitrogens with zero attached hydrogens (tertiary/aromatic N) is 1. The molecular weight excluding hydrogens is 240 g/mol. The summed E-state index contributed by atoms with van der Waals surface area (Å²) < 4.78 is 0. The molecule has 1 aromatic carbocycles. The molecule has 0 heterocycles. The number of nitriles is 1. The van der Waals surface area contributed by atoms with Crippen molar-refractivity contribution in [1.82, 2.24) is 5.32 Å². The molecular formula is C12H13ClN2O2. The zero-order chi connectivity index (χ0) is 12.8. The number of aromatic hydroxyl groups is 1. The summed E-state index contributed by atoms with van der Waals surface area (Å²) in [6, 6.07) is 5.57. The lowest BCUT2D eigenvalue weighted by atomic mass is 10.1. The van der Waals surface area contributed by atoms with E-state index in [1.54, 1.807) is 0 Å². The summed E-state index contributed by atoms with van der Waals surface area (Å²) in [4.78, 5) is 11.8. The SMILES string of the molecule is CCCC(C#N)NC(=O)c1cc(O)ccc1Cl. The summed E-state index contributed by atoms with van der Waals surface area (Å²) in [7, 11) is 0. The molecule has 0 aliphatic rings. The third-order valence-corrected chi connectivity index (χ3v) is 2.56. The lowest BCUT2D eigenvalue weighted by Gasteiger charge is -2.11. The Morgan fingerprint density at radius 1 is 1.65 bits per heavy atom. The Morgan fingerprint density at radius 3 is 2.94 bits per heavy atom. The maximum absolute atomic E-state index is 11.8. The van der Waals surface area contributed by atoms with Crippen LogP contribution in [-0.2, 0) is 0 Å². The molecule has 0 saturated heterocycles. The van der Waals surface area contributed by atoms with Crippen LogP contribution in [0, 0.1) is 11.3 Å². The van der Waals surface area contributed by atoms with E-state index < -0.39 is 11.9 Å². The third-order valence-electron chi connectivity index (χ3n) is 2.23. The van der Waals surface area contributed by atoms with Gasteiger partial charge in [-0.1, -0.05) is 24.9 Å². The van der Waals surface area contributed by atoms with E-state index >= 15 is 0 Å². The van der Waals surface area contributed by atoms with E-state index in [0.29, 0.717) is 6.42 Å². The van der Waals surface area contributed by atoms with Crippen molar-refractivity contribution < 1.29 is 9.90 Å². The Bertz CT molecular complexity index is 454. The van der Waals surface area contributed by atoms with Crippen LogP contribution in [0.25, 0.3) is 0 Å². The predicted octanol–water partition coefficient (Wildman–Crippen LogP) is 2.47. The second-order valence-corrected chi connectivity index (χ2v) is 4.02. The first-order chi connectivity index (χ1) is 8.08. The molecule has 1 amide bonds. The fourth-order valence-corrected chi connectivity index (χ4v) is 1.58. The van der Waals surface area contributed by atoms with E-state index in [1.165, 1.54) is 18.2 Å². The predicted molar refractivity (Wildman–Crippen MR) is 64.9 cm³/mol. The minimum atomic E-state index is -0.536. The third kappa shape index (κ3) is 3.65. The number of nitrogens with one attached hydrogen (secondary N) is 1. The fourth-order valence-electron chi connectivity index (χ4n) is 1.38. The van der Waals surface area contributed by atoms with E-state index in [-0.39, 0.29) is 16.3 Å². The minimum Gasteiger partial charge on any atom is -0.508 e. The average Bonchev–Trinajstić information content (AvgIpc) is 2.31. The smallest absolute Gasteiger partial charge is 0.253 e. The van der Waals surface area contributed by atoms with E-state index in [4.69, 9.17) is 16.9 Å². The quantitative estimate of drug-likeness (QED) is 0.865. The van der Waals surface area contributed by atoms with Gasteiger partial charge in [0.05, 0.1) is 16.7 Å². The highest BCUT2D eigenvalue weighted by molar-refractivity contribution is 6.33. The number of phenolic OH excluding ortho intramolecular Hbond substituents is 1. The van der Waals surface area contributed by atoms with Crippen LogP contribution in [0.5, 0.6) is 5.75 Å². The van der Waals surface area contributed by atoms with Crippen molar-refractivity contribution >= 4 is 17.5 Å². The monoisotopic (exact) mass is 252 g/mol. The lowest BCUT2D eigenvalue weighted by molar-refractivity contribution is 0.0943. The molecule has 90 valence electrons. The first-order valence-electron chi connectivity index (χ1n) is 5.27. The van der Waals surface area contributed by atoms with Crippen LogP contribution in [0.4, 0.5) is 0 Å². The maximum Gasteiger partial charge on any atom is 0.253 e. The Morgan fingerprint density at radius 2 is 2.35 bits per heavy atom. The van der Waals surface area contributed by atoms with Crippen LogP contribution in [0.1, 0.15) is 30.1 Å². The summed E-state index contributed by atoms with van der Waals surface area (Å²) in [5.41, 5.74) is 0.169. The summed E-state index contributed by atoms with van der Waals surface area (Å²) in [5, 5.41) is 20.9. The average molecular weight is 253 g/mol. The zero-order valence-electron chi connectivity index (χ0n) is 9.40. The number of benzene rings is 1. The molecule has 2 N–H and O–H groups in total. The number of carbonyl (C=O) groups is 1. The fraction of sp³-hybridized carbons (Fsp3) is 0.333. The largest absolute Gasteiger partial charge is 0.508 e. The van der Waals surface area contributed by atoms with Crippen molar-refractivity contribution in [3.05, 3.63) is 28.8 Å². The molecule has 0 aliphatic carbocycles. The van der Waals surface area contributed by atoms with Gasteiger partial charge in [-0.2, -0.15) is 5.26 Å². The van der Waals surface area contributed by atoms with Gasteiger partial charge < -0.3 is 10.4 Å². The van der Waals surface area contributed by atoms with Crippen LogP contribution in [-0.4, -0.2) is 17.1 Å². The summed E-state index contributed by atoms with van der Waals surface area (Å²) in [6.45, 7) is 1.93. The molecule has 0 spiro atoms. The number of hydrogen-bond donors (Lipinski definition) is 2. The highest BCUT2D eigenvalue weighted by atomic mass is 35.5.